The number of ether oxygens (including phenoxy) is 2. The number of hydrogen-bond donors (Lipinski definition) is 0. The van der Waals surface area contributed by atoms with Crippen molar-refractivity contribution < 1.29 is 14.3 Å². The van der Waals surface area contributed by atoms with Gasteiger partial charge in [-0.1, -0.05) is 43.0 Å². The summed E-state index contributed by atoms with van der Waals surface area (Å²) in [7, 11) is 0. The summed E-state index contributed by atoms with van der Waals surface area (Å²) in [6.45, 7) is 4.96. The van der Waals surface area contributed by atoms with Gasteiger partial charge in [0.2, 0.25) is 6.10 Å². The van der Waals surface area contributed by atoms with Crippen molar-refractivity contribution in [1.29, 1.82) is 0 Å². The zero-order valence-electron chi connectivity index (χ0n) is 14.7. The summed E-state index contributed by atoms with van der Waals surface area (Å²) in [6, 6.07) is 15.4. The summed E-state index contributed by atoms with van der Waals surface area (Å²) in [6.07, 6.45) is -0.654. The standard InChI is InChI=1S/C20H20N2O3S/c1-13-6-5-7-15(10-13)21-20-22(11-14(2)26-20)19(23)18-12-24-16-8-3-4-9-17(16)25-18/h3-10,14,18H,11-12H2,1-2H3/t14-,18+/m1/s1. The second kappa shape index (κ2) is 7.03. The molecule has 1 amide bonds. The second-order valence-corrected chi connectivity index (χ2v) is 7.88. The first-order chi connectivity index (χ1) is 12.6. The van der Waals surface area contributed by atoms with Crippen molar-refractivity contribution in [3.63, 3.8) is 0 Å². The molecule has 2 heterocycles. The number of aryl methyl sites for hydroxylation is 1. The molecule has 5 nitrogen and oxygen atoms in total. The lowest BCUT2D eigenvalue weighted by Gasteiger charge is -2.28. The summed E-state index contributed by atoms with van der Waals surface area (Å²) in [5.74, 6) is 1.17. The van der Waals surface area contributed by atoms with Gasteiger partial charge in [0.05, 0.1) is 5.69 Å². The van der Waals surface area contributed by atoms with Crippen molar-refractivity contribution in [1.82, 2.24) is 4.90 Å². The molecule has 26 heavy (non-hydrogen) atoms. The van der Waals surface area contributed by atoms with Gasteiger partial charge in [-0.3, -0.25) is 9.69 Å². The van der Waals surface area contributed by atoms with Gasteiger partial charge in [-0.2, -0.15) is 0 Å². The van der Waals surface area contributed by atoms with E-state index in [1.807, 2.05) is 55.5 Å². The summed E-state index contributed by atoms with van der Waals surface area (Å²) in [5, 5.41) is 1.01. The molecule has 134 valence electrons. The Morgan fingerprint density at radius 2 is 2.00 bits per heavy atom. The number of carbonyl (C=O) groups is 1. The van der Waals surface area contributed by atoms with E-state index in [1.165, 1.54) is 0 Å². The van der Waals surface area contributed by atoms with Gasteiger partial charge in [-0.25, -0.2) is 4.99 Å². The highest BCUT2D eigenvalue weighted by Gasteiger charge is 2.37. The molecule has 0 saturated carbocycles. The van der Waals surface area contributed by atoms with Crippen molar-refractivity contribution in [2.45, 2.75) is 25.2 Å². The Hall–Kier alpha value is -2.47. The predicted octanol–water partition coefficient (Wildman–Crippen LogP) is 3.79. The van der Waals surface area contributed by atoms with E-state index < -0.39 is 6.10 Å². The maximum Gasteiger partial charge on any atom is 0.273 e. The van der Waals surface area contributed by atoms with E-state index in [4.69, 9.17) is 14.5 Å². The highest BCUT2D eigenvalue weighted by Crippen LogP contribution is 2.33. The minimum absolute atomic E-state index is 0.109. The molecule has 1 saturated heterocycles. The van der Waals surface area contributed by atoms with Crippen LogP contribution in [0, 0.1) is 6.92 Å². The molecule has 0 radical (unpaired) electrons. The first-order valence-electron chi connectivity index (χ1n) is 8.62. The van der Waals surface area contributed by atoms with Gasteiger partial charge in [-0.05, 0) is 36.8 Å². The van der Waals surface area contributed by atoms with Gasteiger partial charge in [0.25, 0.3) is 5.91 Å². The third kappa shape index (κ3) is 3.42. The maximum atomic E-state index is 13.1. The Kier molecular flexibility index (Phi) is 4.59. The van der Waals surface area contributed by atoms with Gasteiger partial charge in [0, 0.05) is 11.8 Å². The van der Waals surface area contributed by atoms with Crippen LogP contribution in [-0.2, 0) is 4.79 Å². The number of aliphatic imine (C=N–C) groups is 1. The Morgan fingerprint density at radius 3 is 2.81 bits per heavy atom. The van der Waals surface area contributed by atoms with Crippen LogP contribution in [0.2, 0.25) is 0 Å². The number of amides is 1. The van der Waals surface area contributed by atoms with Gasteiger partial charge < -0.3 is 9.47 Å². The lowest BCUT2D eigenvalue weighted by molar-refractivity contribution is -0.136. The van der Waals surface area contributed by atoms with E-state index in [-0.39, 0.29) is 12.5 Å². The van der Waals surface area contributed by atoms with Gasteiger partial charge in [0.1, 0.15) is 6.61 Å². The fourth-order valence-electron chi connectivity index (χ4n) is 3.01. The summed E-state index contributed by atoms with van der Waals surface area (Å²) in [5.41, 5.74) is 1.99. The molecular weight excluding hydrogens is 348 g/mol. The van der Waals surface area contributed by atoms with Crippen LogP contribution in [0.4, 0.5) is 5.69 Å². The molecule has 2 atom stereocenters. The van der Waals surface area contributed by atoms with Crippen LogP contribution in [-0.4, -0.2) is 40.5 Å². The zero-order valence-corrected chi connectivity index (χ0v) is 15.5. The molecule has 0 bridgehead atoms. The zero-order chi connectivity index (χ0) is 18.1. The molecule has 2 aliphatic heterocycles. The number of fused-ring (bicyclic) bond motifs is 1. The Bertz CT molecular complexity index is 868. The molecule has 6 heteroatoms. The number of nitrogens with zero attached hydrogens (tertiary/aromatic N) is 2. The third-order valence-corrected chi connectivity index (χ3v) is 5.33. The molecule has 2 aliphatic rings. The van der Waals surface area contributed by atoms with E-state index in [0.717, 1.165) is 16.4 Å². The topological polar surface area (TPSA) is 51.1 Å². The van der Waals surface area contributed by atoms with Crippen molar-refractivity contribution in [3.8, 4) is 11.5 Å². The normalized spacial score (nSPS) is 23.3. The van der Waals surface area contributed by atoms with Crippen LogP contribution in [0.25, 0.3) is 0 Å². The lowest BCUT2D eigenvalue weighted by Crippen LogP contribution is -2.47. The van der Waals surface area contributed by atoms with E-state index in [1.54, 1.807) is 16.7 Å². The number of hydrogen-bond acceptors (Lipinski definition) is 5. The molecular formula is C20H20N2O3S. The van der Waals surface area contributed by atoms with Crippen LogP contribution < -0.4 is 9.47 Å². The molecule has 0 spiro atoms. The van der Waals surface area contributed by atoms with Gasteiger partial charge >= 0.3 is 0 Å². The molecule has 4 rings (SSSR count). The number of benzene rings is 2. The highest BCUT2D eigenvalue weighted by molar-refractivity contribution is 8.14. The van der Waals surface area contributed by atoms with Crippen LogP contribution in [0.15, 0.2) is 53.5 Å². The molecule has 0 unspecified atom stereocenters. The van der Waals surface area contributed by atoms with Crippen LogP contribution >= 0.6 is 11.8 Å². The van der Waals surface area contributed by atoms with Crippen molar-refractivity contribution in [2.24, 2.45) is 4.99 Å². The predicted molar refractivity (Wildman–Crippen MR) is 103 cm³/mol. The highest BCUT2D eigenvalue weighted by atomic mass is 32.2. The summed E-state index contributed by atoms with van der Waals surface area (Å²) < 4.78 is 11.6. The molecule has 2 aromatic rings. The molecule has 0 aromatic heterocycles. The molecule has 0 N–H and O–H groups in total. The number of rotatable bonds is 2. The largest absolute Gasteiger partial charge is 0.485 e. The van der Waals surface area contributed by atoms with E-state index in [2.05, 4.69) is 6.92 Å². The van der Waals surface area contributed by atoms with Crippen LogP contribution in [0.1, 0.15) is 12.5 Å². The smallest absolute Gasteiger partial charge is 0.273 e. The monoisotopic (exact) mass is 368 g/mol. The van der Waals surface area contributed by atoms with E-state index in [9.17, 15) is 4.79 Å². The Morgan fingerprint density at radius 1 is 1.19 bits per heavy atom. The molecule has 0 aliphatic carbocycles. The van der Waals surface area contributed by atoms with E-state index >= 15 is 0 Å². The minimum atomic E-state index is -0.654. The summed E-state index contributed by atoms with van der Waals surface area (Å²) >= 11 is 1.61. The average molecular weight is 368 g/mol. The van der Waals surface area contributed by atoms with Crippen LogP contribution in [0.3, 0.4) is 0 Å². The first kappa shape index (κ1) is 17.0. The Balaban J connectivity index is 1.56. The summed E-state index contributed by atoms with van der Waals surface area (Å²) in [4.78, 5) is 19.5. The van der Waals surface area contributed by atoms with Crippen molar-refractivity contribution >= 4 is 28.5 Å². The van der Waals surface area contributed by atoms with Crippen molar-refractivity contribution in [2.75, 3.05) is 13.2 Å². The lowest BCUT2D eigenvalue weighted by atomic mass is 10.2. The average Bonchev–Trinajstić information content (AvgIpc) is 3.01. The van der Waals surface area contributed by atoms with Gasteiger partial charge in [-0.15, -0.1) is 0 Å². The SMILES string of the molecule is Cc1cccc(N=C2S[C@H](C)CN2C(=O)[C@@H]2COc3ccccc3O2)c1. The fourth-order valence-corrected chi connectivity index (χ4v) is 4.04. The third-order valence-electron chi connectivity index (χ3n) is 4.25. The first-order valence-corrected chi connectivity index (χ1v) is 9.50. The number of para-hydroxylation sites is 2. The van der Waals surface area contributed by atoms with Crippen LogP contribution in [0.5, 0.6) is 11.5 Å². The quantitative estimate of drug-likeness (QED) is 0.809. The fraction of sp³-hybridized carbons (Fsp3) is 0.300. The number of thioether (sulfide) groups is 1. The number of amidine groups is 1. The molecule has 2 aromatic carbocycles. The van der Waals surface area contributed by atoms with Gasteiger partial charge in [0.15, 0.2) is 16.7 Å². The van der Waals surface area contributed by atoms with Crippen molar-refractivity contribution in [3.05, 3.63) is 54.1 Å². The molecule has 1 fully saturated rings. The number of carbonyl (C=O) groups excluding carboxylic acids is 1. The second-order valence-electron chi connectivity index (χ2n) is 6.47. The maximum absolute atomic E-state index is 13.1. The minimum Gasteiger partial charge on any atom is -0.485 e. The van der Waals surface area contributed by atoms with E-state index in [0.29, 0.717) is 23.3 Å². The Labute approximate surface area is 157 Å².